The van der Waals surface area contributed by atoms with Gasteiger partial charge in [-0.1, -0.05) is 0 Å². The van der Waals surface area contributed by atoms with Crippen molar-refractivity contribution in [3.8, 4) is 0 Å². The second-order valence-corrected chi connectivity index (χ2v) is 6.35. The van der Waals surface area contributed by atoms with Crippen LogP contribution in [-0.4, -0.2) is 83.3 Å². The van der Waals surface area contributed by atoms with E-state index in [1.54, 1.807) is 12.4 Å². The summed E-state index contributed by atoms with van der Waals surface area (Å²) in [6.45, 7) is 5.31. The molecule has 1 aromatic rings. The lowest BCUT2D eigenvalue weighted by atomic mass is 10.1. The number of ether oxygens (including phenoxy) is 1. The molecule has 2 atom stereocenters. The number of hydrogen-bond acceptors (Lipinski definition) is 7. The highest BCUT2D eigenvalue weighted by Crippen LogP contribution is 2.19. The molecule has 2 N–H and O–H groups in total. The van der Waals surface area contributed by atoms with Crippen LogP contribution in [-0.2, 0) is 16.1 Å². The molecule has 8 heteroatoms. The zero-order valence-electron chi connectivity index (χ0n) is 13.3. The van der Waals surface area contributed by atoms with Crippen LogP contribution in [0.2, 0.25) is 0 Å². The summed E-state index contributed by atoms with van der Waals surface area (Å²) in [6.07, 6.45) is 3.52. The van der Waals surface area contributed by atoms with Gasteiger partial charge in [0.25, 0.3) is 0 Å². The number of nitrogens with zero attached hydrogens (tertiary/aromatic N) is 4. The van der Waals surface area contributed by atoms with E-state index in [2.05, 4.69) is 32.1 Å². The fourth-order valence-electron chi connectivity index (χ4n) is 3.22. The topological polar surface area (TPSA) is 90.8 Å². The Kier molecular flexibility index (Phi) is 5.04. The molecule has 2 fully saturated rings. The number of rotatable bonds is 5. The summed E-state index contributed by atoms with van der Waals surface area (Å²) in [7, 11) is 2.17. The predicted molar refractivity (Wildman–Crippen MR) is 84.2 cm³/mol. The molecule has 0 radical (unpaired) electrons. The van der Waals surface area contributed by atoms with Gasteiger partial charge in [0.2, 0.25) is 5.95 Å². The molecule has 2 aliphatic heterocycles. The number of carboxylic acids is 1. The van der Waals surface area contributed by atoms with Crippen LogP contribution in [0.3, 0.4) is 0 Å². The monoisotopic (exact) mass is 321 g/mol. The second kappa shape index (κ2) is 7.20. The molecule has 0 aromatic carbocycles. The van der Waals surface area contributed by atoms with Gasteiger partial charge < -0.3 is 15.2 Å². The Hall–Kier alpha value is -1.77. The molecule has 23 heavy (non-hydrogen) atoms. The van der Waals surface area contributed by atoms with Crippen LogP contribution in [0.4, 0.5) is 5.95 Å². The molecule has 0 unspecified atom stereocenters. The van der Waals surface area contributed by atoms with E-state index < -0.39 is 5.97 Å². The molecular formula is C15H23N5O3. The predicted octanol–water partition coefficient (Wildman–Crippen LogP) is -0.264. The average Bonchev–Trinajstić information content (AvgIpc) is 2.75. The lowest BCUT2D eigenvalue weighted by molar-refractivity contribution is -0.134. The van der Waals surface area contributed by atoms with Gasteiger partial charge in [-0.2, -0.15) is 0 Å². The van der Waals surface area contributed by atoms with Gasteiger partial charge >= 0.3 is 5.97 Å². The number of aliphatic carboxylic acids is 1. The first-order valence-corrected chi connectivity index (χ1v) is 7.87. The number of nitrogens with one attached hydrogen (secondary N) is 1. The standard InChI is InChI=1S/C15H23N5O3/c1-19-5-12-7-20(8-13(19)10-23-9-12)6-11-2-16-15(17-3-11)18-4-14(21)22/h2-3,12-13H,4-10H2,1H3,(H,21,22)(H,16,17,18)/t12-,13+/m1/s1. The SMILES string of the molecule is CN1C[C@H]2COC[C@@H]1CN(Cc1cnc(NCC(=O)O)nc1)C2. The van der Waals surface area contributed by atoms with E-state index in [9.17, 15) is 4.79 Å². The first-order valence-electron chi connectivity index (χ1n) is 7.87. The zero-order valence-corrected chi connectivity index (χ0v) is 13.3. The molecule has 2 aliphatic rings. The molecule has 3 heterocycles. The molecule has 8 nitrogen and oxygen atoms in total. The summed E-state index contributed by atoms with van der Waals surface area (Å²) in [6, 6.07) is 0.430. The average molecular weight is 321 g/mol. The minimum Gasteiger partial charge on any atom is -0.480 e. The van der Waals surface area contributed by atoms with Crippen molar-refractivity contribution in [2.24, 2.45) is 5.92 Å². The Balaban J connectivity index is 1.59. The van der Waals surface area contributed by atoms with Crippen molar-refractivity contribution in [1.82, 2.24) is 19.8 Å². The summed E-state index contributed by atoms with van der Waals surface area (Å²) in [4.78, 5) is 23.7. The highest BCUT2D eigenvalue weighted by Gasteiger charge is 2.31. The molecule has 1 aromatic heterocycles. The van der Waals surface area contributed by atoms with E-state index in [4.69, 9.17) is 9.84 Å². The summed E-state index contributed by atoms with van der Waals surface area (Å²) < 4.78 is 5.74. The summed E-state index contributed by atoms with van der Waals surface area (Å²) in [5, 5.41) is 11.3. The van der Waals surface area contributed by atoms with Gasteiger partial charge in [0.1, 0.15) is 6.54 Å². The third-order valence-electron chi connectivity index (χ3n) is 4.33. The number of anilines is 1. The maximum Gasteiger partial charge on any atom is 0.322 e. The summed E-state index contributed by atoms with van der Waals surface area (Å²) in [5.74, 6) is -0.0536. The minimum absolute atomic E-state index is 0.179. The maximum absolute atomic E-state index is 10.5. The van der Waals surface area contributed by atoms with Crippen LogP contribution in [0.15, 0.2) is 12.4 Å². The van der Waals surface area contributed by atoms with Crippen LogP contribution in [0.5, 0.6) is 0 Å². The lowest BCUT2D eigenvalue weighted by Gasteiger charge is -2.29. The van der Waals surface area contributed by atoms with Crippen LogP contribution in [0.25, 0.3) is 0 Å². The first kappa shape index (κ1) is 16.1. The second-order valence-electron chi connectivity index (χ2n) is 6.35. The number of hydrogen-bond donors (Lipinski definition) is 2. The zero-order chi connectivity index (χ0) is 16.2. The van der Waals surface area contributed by atoms with E-state index >= 15 is 0 Å². The van der Waals surface area contributed by atoms with Gasteiger partial charge in [-0.05, 0) is 7.05 Å². The minimum atomic E-state index is -0.930. The van der Waals surface area contributed by atoms with Crippen molar-refractivity contribution in [2.75, 3.05) is 51.8 Å². The van der Waals surface area contributed by atoms with Crippen molar-refractivity contribution in [3.63, 3.8) is 0 Å². The maximum atomic E-state index is 10.5. The van der Waals surface area contributed by atoms with Crippen LogP contribution < -0.4 is 5.32 Å². The first-order chi connectivity index (χ1) is 11.1. The molecule has 0 spiro atoms. The largest absolute Gasteiger partial charge is 0.480 e. The van der Waals surface area contributed by atoms with E-state index in [0.717, 1.165) is 45.0 Å². The number of likely N-dealkylation sites (N-methyl/N-ethyl adjacent to an activating group) is 1. The Morgan fingerprint density at radius 3 is 2.87 bits per heavy atom. The number of aromatic nitrogens is 2. The van der Waals surface area contributed by atoms with Gasteiger partial charge in [0.05, 0.1) is 13.2 Å². The fraction of sp³-hybridized carbons (Fsp3) is 0.667. The normalized spacial score (nSPS) is 25.8. The van der Waals surface area contributed by atoms with Crippen molar-refractivity contribution in [3.05, 3.63) is 18.0 Å². The highest BCUT2D eigenvalue weighted by atomic mass is 16.5. The number of carbonyl (C=O) groups is 1. The lowest BCUT2D eigenvalue weighted by Crippen LogP contribution is -2.41. The Bertz CT molecular complexity index is 538. The summed E-state index contributed by atoms with van der Waals surface area (Å²) in [5.41, 5.74) is 1.04. The van der Waals surface area contributed by atoms with Crippen molar-refractivity contribution >= 4 is 11.9 Å². The van der Waals surface area contributed by atoms with E-state index in [0.29, 0.717) is 17.9 Å². The van der Waals surface area contributed by atoms with Gasteiger partial charge in [-0.25, -0.2) is 9.97 Å². The van der Waals surface area contributed by atoms with E-state index in [1.807, 2.05) is 0 Å². The van der Waals surface area contributed by atoms with Gasteiger partial charge in [-0.15, -0.1) is 0 Å². The Morgan fingerprint density at radius 2 is 2.13 bits per heavy atom. The number of carboxylic acid groups (broad SMARTS) is 1. The van der Waals surface area contributed by atoms with E-state index in [1.165, 1.54) is 0 Å². The van der Waals surface area contributed by atoms with E-state index in [-0.39, 0.29) is 6.54 Å². The Morgan fingerprint density at radius 1 is 1.35 bits per heavy atom. The third kappa shape index (κ3) is 4.37. The summed E-state index contributed by atoms with van der Waals surface area (Å²) >= 11 is 0. The van der Waals surface area contributed by atoms with Gasteiger partial charge in [-0.3, -0.25) is 14.6 Å². The van der Waals surface area contributed by atoms with Crippen LogP contribution in [0, 0.1) is 5.92 Å². The van der Waals surface area contributed by atoms with Crippen molar-refractivity contribution < 1.29 is 14.6 Å². The third-order valence-corrected chi connectivity index (χ3v) is 4.33. The molecule has 126 valence electrons. The molecule has 2 bridgehead atoms. The smallest absolute Gasteiger partial charge is 0.322 e. The molecule has 0 amide bonds. The highest BCUT2D eigenvalue weighted by molar-refractivity contribution is 5.71. The number of fused-ring (bicyclic) bond motifs is 3. The molecule has 2 saturated heterocycles. The quantitative estimate of drug-likeness (QED) is 0.766. The molecule has 3 rings (SSSR count). The molecular weight excluding hydrogens is 298 g/mol. The fourth-order valence-corrected chi connectivity index (χ4v) is 3.22. The molecule has 0 saturated carbocycles. The molecule has 0 aliphatic carbocycles. The van der Waals surface area contributed by atoms with Crippen LogP contribution in [0.1, 0.15) is 5.56 Å². The van der Waals surface area contributed by atoms with Crippen molar-refractivity contribution in [2.45, 2.75) is 12.6 Å². The van der Waals surface area contributed by atoms with Crippen molar-refractivity contribution in [1.29, 1.82) is 0 Å². The Labute approximate surface area is 135 Å². The van der Waals surface area contributed by atoms with Gasteiger partial charge in [0.15, 0.2) is 0 Å². The van der Waals surface area contributed by atoms with Crippen LogP contribution >= 0.6 is 0 Å². The van der Waals surface area contributed by atoms with Gasteiger partial charge in [0, 0.05) is 56.1 Å².